The van der Waals surface area contributed by atoms with Crippen LogP contribution in [0.4, 0.5) is 0 Å². The Bertz CT molecular complexity index is 1090. The van der Waals surface area contributed by atoms with E-state index in [0.29, 0.717) is 29.5 Å². The van der Waals surface area contributed by atoms with Crippen molar-refractivity contribution in [2.75, 3.05) is 20.3 Å². The largest absolute Gasteiger partial charge is 0.493 e. The SMILES string of the molecule is CCCNC(=O)C(Cc1ccccc1)N(Cc1ccc(Cl)cc1)C(=O)COc1ccccc1OC. The molecule has 0 spiro atoms. The fraction of sp³-hybridized carbons (Fsp3) is 0.286. The topological polar surface area (TPSA) is 67.9 Å². The van der Waals surface area contributed by atoms with E-state index in [-0.39, 0.29) is 25.0 Å². The van der Waals surface area contributed by atoms with Gasteiger partial charge in [0.05, 0.1) is 7.11 Å². The first-order valence-electron chi connectivity index (χ1n) is 11.6. The van der Waals surface area contributed by atoms with Gasteiger partial charge in [0.25, 0.3) is 5.91 Å². The molecule has 1 unspecified atom stereocenters. The number of amides is 2. The Kier molecular flexibility index (Phi) is 9.99. The maximum Gasteiger partial charge on any atom is 0.261 e. The lowest BCUT2D eigenvalue weighted by atomic mass is 10.0. The highest BCUT2D eigenvalue weighted by molar-refractivity contribution is 6.30. The molecule has 0 bridgehead atoms. The number of nitrogens with zero attached hydrogens (tertiary/aromatic N) is 1. The fourth-order valence-electron chi connectivity index (χ4n) is 3.67. The van der Waals surface area contributed by atoms with Gasteiger partial charge in [-0.2, -0.15) is 0 Å². The zero-order valence-electron chi connectivity index (χ0n) is 20.1. The smallest absolute Gasteiger partial charge is 0.261 e. The molecule has 0 aliphatic carbocycles. The number of carbonyl (C=O) groups excluding carboxylic acids is 2. The maximum atomic E-state index is 13.6. The van der Waals surface area contributed by atoms with Gasteiger partial charge in [-0.05, 0) is 41.8 Å². The molecule has 0 aliphatic heterocycles. The summed E-state index contributed by atoms with van der Waals surface area (Å²) in [5, 5.41) is 3.56. The number of rotatable bonds is 12. The second-order valence-electron chi connectivity index (χ2n) is 8.08. The highest BCUT2D eigenvalue weighted by Gasteiger charge is 2.30. The van der Waals surface area contributed by atoms with Crippen LogP contribution in [-0.4, -0.2) is 43.0 Å². The molecule has 1 N–H and O–H groups in total. The van der Waals surface area contributed by atoms with Crippen LogP contribution >= 0.6 is 11.6 Å². The van der Waals surface area contributed by atoms with Crippen LogP contribution in [0, 0.1) is 0 Å². The van der Waals surface area contributed by atoms with Gasteiger partial charge in [-0.25, -0.2) is 0 Å². The van der Waals surface area contributed by atoms with Crippen molar-refractivity contribution >= 4 is 23.4 Å². The summed E-state index contributed by atoms with van der Waals surface area (Å²) in [4.78, 5) is 28.4. The number of hydrogen-bond acceptors (Lipinski definition) is 4. The number of halogens is 1. The van der Waals surface area contributed by atoms with Crippen molar-refractivity contribution in [3.05, 3.63) is 95.0 Å². The van der Waals surface area contributed by atoms with E-state index in [2.05, 4.69) is 5.32 Å². The molecular formula is C28H31ClN2O4. The van der Waals surface area contributed by atoms with Crippen LogP contribution in [0.25, 0.3) is 0 Å². The van der Waals surface area contributed by atoms with Crippen molar-refractivity contribution in [2.45, 2.75) is 32.4 Å². The monoisotopic (exact) mass is 494 g/mol. The summed E-state index contributed by atoms with van der Waals surface area (Å²) in [6.07, 6.45) is 1.18. The molecule has 0 heterocycles. The minimum atomic E-state index is -0.714. The van der Waals surface area contributed by atoms with Crippen molar-refractivity contribution in [3.63, 3.8) is 0 Å². The number of nitrogens with one attached hydrogen (secondary N) is 1. The molecule has 0 fully saturated rings. The van der Waals surface area contributed by atoms with Crippen LogP contribution in [0.3, 0.4) is 0 Å². The van der Waals surface area contributed by atoms with Crippen molar-refractivity contribution in [2.24, 2.45) is 0 Å². The number of methoxy groups -OCH3 is 1. The Hall–Kier alpha value is -3.51. The minimum Gasteiger partial charge on any atom is -0.493 e. The van der Waals surface area contributed by atoms with Gasteiger partial charge in [-0.1, -0.05) is 73.1 Å². The van der Waals surface area contributed by atoms with Crippen LogP contribution < -0.4 is 14.8 Å². The van der Waals surface area contributed by atoms with Gasteiger partial charge >= 0.3 is 0 Å². The van der Waals surface area contributed by atoms with Gasteiger partial charge in [0.1, 0.15) is 6.04 Å². The molecule has 3 aromatic carbocycles. The average molecular weight is 495 g/mol. The van der Waals surface area contributed by atoms with E-state index >= 15 is 0 Å². The summed E-state index contributed by atoms with van der Waals surface area (Å²) < 4.78 is 11.1. The molecule has 0 saturated carbocycles. The number of ether oxygens (including phenoxy) is 2. The van der Waals surface area contributed by atoms with E-state index in [1.54, 1.807) is 36.3 Å². The summed E-state index contributed by atoms with van der Waals surface area (Å²) in [6.45, 7) is 2.53. The van der Waals surface area contributed by atoms with Gasteiger partial charge in [0, 0.05) is 24.5 Å². The van der Waals surface area contributed by atoms with Gasteiger partial charge in [-0.15, -0.1) is 0 Å². The molecule has 6 nitrogen and oxygen atoms in total. The third kappa shape index (κ3) is 7.76. The maximum absolute atomic E-state index is 13.6. The molecule has 2 amide bonds. The average Bonchev–Trinajstić information content (AvgIpc) is 2.89. The molecule has 0 radical (unpaired) electrons. The summed E-state index contributed by atoms with van der Waals surface area (Å²) in [6, 6.07) is 23.4. The summed E-state index contributed by atoms with van der Waals surface area (Å²) in [7, 11) is 1.55. The van der Waals surface area contributed by atoms with E-state index in [1.165, 1.54) is 0 Å². The van der Waals surface area contributed by atoms with E-state index in [1.807, 2.05) is 61.5 Å². The van der Waals surface area contributed by atoms with Crippen molar-refractivity contribution in [1.82, 2.24) is 10.2 Å². The van der Waals surface area contributed by atoms with E-state index in [9.17, 15) is 9.59 Å². The Labute approximate surface area is 211 Å². The normalized spacial score (nSPS) is 11.4. The Morgan fingerprint density at radius 3 is 2.23 bits per heavy atom. The predicted molar refractivity (Wildman–Crippen MR) is 138 cm³/mol. The molecule has 3 aromatic rings. The third-order valence-electron chi connectivity index (χ3n) is 5.51. The zero-order valence-corrected chi connectivity index (χ0v) is 20.8. The molecule has 184 valence electrons. The number of carbonyl (C=O) groups is 2. The molecule has 0 aromatic heterocycles. The molecule has 3 rings (SSSR count). The molecule has 0 aliphatic rings. The van der Waals surface area contributed by atoms with Gasteiger partial charge in [0.15, 0.2) is 18.1 Å². The first-order valence-corrected chi connectivity index (χ1v) is 12.0. The van der Waals surface area contributed by atoms with Gasteiger partial charge < -0.3 is 19.7 Å². The lowest BCUT2D eigenvalue weighted by Crippen LogP contribution is -2.51. The summed E-state index contributed by atoms with van der Waals surface area (Å²) >= 11 is 6.06. The highest BCUT2D eigenvalue weighted by Crippen LogP contribution is 2.26. The number of hydrogen-bond donors (Lipinski definition) is 1. The molecule has 0 saturated heterocycles. The van der Waals surface area contributed by atoms with Crippen LogP contribution in [-0.2, 0) is 22.6 Å². The van der Waals surface area contributed by atoms with Crippen LogP contribution in [0.1, 0.15) is 24.5 Å². The predicted octanol–water partition coefficient (Wildman–Crippen LogP) is 4.89. The first-order chi connectivity index (χ1) is 17.0. The van der Waals surface area contributed by atoms with Crippen LogP contribution in [0.5, 0.6) is 11.5 Å². The minimum absolute atomic E-state index is 0.199. The van der Waals surface area contributed by atoms with Crippen molar-refractivity contribution < 1.29 is 19.1 Å². The zero-order chi connectivity index (χ0) is 25.0. The summed E-state index contributed by atoms with van der Waals surface area (Å²) in [5.41, 5.74) is 1.82. The molecule has 35 heavy (non-hydrogen) atoms. The van der Waals surface area contributed by atoms with Crippen LogP contribution in [0.15, 0.2) is 78.9 Å². The Balaban J connectivity index is 1.89. The molecule has 7 heteroatoms. The molecule has 1 atom stereocenters. The van der Waals surface area contributed by atoms with Gasteiger partial charge in [-0.3, -0.25) is 9.59 Å². The second-order valence-corrected chi connectivity index (χ2v) is 8.52. The van der Waals surface area contributed by atoms with E-state index in [0.717, 1.165) is 17.5 Å². The quantitative estimate of drug-likeness (QED) is 0.389. The summed E-state index contributed by atoms with van der Waals surface area (Å²) in [5.74, 6) is 0.490. The Morgan fingerprint density at radius 1 is 0.914 bits per heavy atom. The molecular weight excluding hydrogens is 464 g/mol. The first kappa shape index (κ1) is 26.1. The lowest BCUT2D eigenvalue weighted by Gasteiger charge is -2.31. The van der Waals surface area contributed by atoms with Crippen molar-refractivity contribution in [3.8, 4) is 11.5 Å². The third-order valence-corrected chi connectivity index (χ3v) is 5.76. The highest BCUT2D eigenvalue weighted by atomic mass is 35.5. The second kappa shape index (κ2) is 13.4. The van der Waals surface area contributed by atoms with Crippen LogP contribution in [0.2, 0.25) is 5.02 Å². The van der Waals surface area contributed by atoms with E-state index < -0.39 is 6.04 Å². The fourth-order valence-corrected chi connectivity index (χ4v) is 3.79. The van der Waals surface area contributed by atoms with Gasteiger partial charge in [0.2, 0.25) is 5.91 Å². The lowest BCUT2D eigenvalue weighted by molar-refractivity contribution is -0.142. The Morgan fingerprint density at radius 2 is 1.57 bits per heavy atom. The van der Waals surface area contributed by atoms with E-state index in [4.69, 9.17) is 21.1 Å². The van der Waals surface area contributed by atoms with Crippen molar-refractivity contribution in [1.29, 1.82) is 0 Å². The number of para-hydroxylation sites is 2. The standard InChI is InChI=1S/C28H31ClN2O4/c1-3-17-30-28(33)24(18-21-9-5-4-6-10-21)31(19-22-13-15-23(29)16-14-22)27(32)20-35-26-12-8-7-11-25(26)34-2/h4-16,24H,3,17-20H2,1-2H3,(H,30,33). The number of benzene rings is 3.